The minimum Gasteiger partial charge on any atom is -0.488 e. The van der Waals surface area contributed by atoms with Crippen LogP contribution in [0.5, 0.6) is 5.75 Å². The fraction of sp³-hybridized carbons (Fsp3) is 0.640. The Hall–Kier alpha value is -1.12. The number of rotatable bonds is 10. The van der Waals surface area contributed by atoms with Gasteiger partial charge in [0.15, 0.2) is 0 Å². The van der Waals surface area contributed by atoms with Crippen LogP contribution in [0.2, 0.25) is 0 Å². The van der Waals surface area contributed by atoms with E-state index in [1.807, 2.05) is 33.0 Å². The number of hydrogen-bond donors (Lipinski definition) is 1. The fourth-order valence-corrected chi connectivity index (χ4v) is 5.80. The minimum atomic E-state index is -3.23. The van der Waals surface area contributed by atoms with Crippen molar-refractivity contribution in [1.29, 1.82) is 0 Å². The molecule has 34 heavy (non-hydrogen) atoms. The van der Waals surface area contributed by atoms with Gasteiger partial charge in [0.2, 0.25) is 10.0 Å². The summed E-state index contributed by atoms with van der Waals surface area (Å²) < 4.78 is 33.6. The number of unbranched alkanes of at least 4 members (excludes halogenated alkanes) is 1. The van der Waals surface area contributed by atoms with E-state index < -0.39 is 15.6 Å². The molecule has 1 fully saturated rings. The van der Waals surface area contributed by atoms with Gasteiger partial charge in [-0.05, 0) is 83.2 Å². The predicted molar refractivity (Wildman–Crippen MR) is 146 cm³/mol. The summed E-state index contributed by atoms with van der Waals surface area (Å²) in [6, 6.07) is 8.49. The molecule has 1 aromatic heterocycles. The van der Waals surface area contributed by atoms with Crippen molar-refractivity contribution in [2.24, 2.45) is 0 Å². The summed E-state index contributed by atoms with van der Waals surface area (Å²) in [5.74, 6) is 1.06. The molecule has 0 atom stereocenters. The molecule has 0 unspecified atom stereocenters. The molecule has 1 aliphatic heterocycles. The number of piperidine rings is 1. The Kier molecular flexibility index (Phi) is 12.6. The first-order chi connectivity index (χ1) is 15.1. The van der Waals surface area contributed by atoms with Crippen LogP contribution in [-0.4, -0.2) is 55.3 Å². The van der Waals surface area contributed by atoms with Gasteiger partial charge >= 0.3 is 0 Å². The van der Waals surface area contributed by atoms with E-state index in [-0.39, 0.29) is 36.7 Å². The Morgan fingerprint density at radius 2 is 1.85 bits per heavy atom. The topological polar surface area (TPSA) is 71.5 Å². The number of nitrogens with one attached hydrogen (secondary N) is 1. The minimum absolute atomic E-state index is 0. The Morgan fingerprint density at radius 3 is 2.50 bits per heavy atom. The van der Waals surface area contributed by atoms with Crippen LogP contribution in [0.1, 0.15) is 65.4 Å². The summed E-state index contributed by atoms with van der Waals surface area (Å²) >= 11 is 0. The van der Waals surface area contributed by atoms with Gasteiger partial charge in [0, 0.05) is 30.2 Å². The molecule has 1 N–H and O–H groups in total. The lowest BCUT2D eigenvalue weighted by atomic mass is 10.0. The maximum absolute atomic E-state index is 12.2. The summed E-state index contributed by atoms with van der Waals surface area (Å²) in [6.45, 7) is 10.5. The van der Waals surface area contributed by atoms with E-state index in [1.165, 1.54) is 18.4 Å². The summed E-state index contributed by atoms with van der Waals surface area (Å²) in [5.41, 5.74) is 1.82. The molecule has 2 aromatic rings. The van der Waals surface area contributed by atoms with Gasteiger partial charge in [-0.2, -0.15) is 0 Å². The van der Waals surface area contributed by atoms with Gasteiger partial charge in [-0.25, -0.2) is 13.1 Å². The summed E-state index contributed by atoms with van der Waals surface area (Å²) in [5, 5.41) is 1.14. The standard InChI is InChI=1S/C25H39N3O3S.2ClH/c1-5-6-9-20-18-21-10-7-13-26-24(21)23(19-20)31-22-11-15-28(16-12-22)14-8-17-32(29,30)27-25(2,3)4;;/h7,10,13,18-19,22,27H,5-6,8-9,11-12,14-17H2,1-4H3;2*1H. The van der Waals surface area contributed by atoms with Crippen molar-refractivity contribution in [3.8, 4) is 5.75 Å². The predicted octanol–water partition coefficient (Wildman–Crippen LogP) is 5.37. The van der Waals surface area contributed by atoms with E-state index >= 15 is 0 Å². The Balaban J connectivity index is 0.00000289. The Morgan fingerprint density at radius 1 is 1.15 bits per heavy atom. The molecule has 0 bridgehead atoms. The summed E-state index contributed by atoms with van der Waals surface area (Å²) in [7, 11) is -3.23. The number of benzene rings is 1. The van der Waals surface area contributed by atoms with E-state index in [9.17, 15) is 8.42 Å². The van der Waals surface area contributed by atoms with Gasteiger partial charge in [-0.15, -0.1) is 24.8 Å². The van der Waals surface area contributed by atoms with Crippen LogP contribution in [0, 0.1) is 0 Å². The van der Waals surface area contributed by atoms with Crippen molar-refractivity contribution < 1.29 is 13.2 Å². The lowest BCUT2D eigenvalue weighted by Crippen LogP contribution is -2.43. The molecular formula is C25H41Cl2N3O3S. The highest BCUT2D eigenvalue weighted by Crippen LogP contribution is 2.29. The number of pyridine rings is 1. The highest BCUT2D eigenvalue weighted by Gasteiger charge is 2.23. The average Bonchev–Trinajstić information content (AvgIpc) is 2.71. The summed E-state index contributed by atoms with van der Waals surface area (Å²) in [6.07, 6.45) is 7.93. The largest absolute Gasteiger partial charge is 0.488 e. The van der Waals surface area contributed by atoms with Gasteiger partial charge < -0.3 is 9.64 Å². The van der Waals surface area contributed by atoms with Crippen LogP contribution in [0.3, 0.4) is 0 Å². The van der Waals surface area contributed by atoms with Gasteiger partial charge in [0.25, 0.3) is 0 Å². The molecule has 0 saturated carbocycles. The molecule has 1 saturated heterocycles. The normalized spacial score (nSPS) is 15.5. The Bertz CT molecular complexity index is 989. The van der Waals surface area contributed by atoms with E-state index in [4.69, 9.17) is 4.74 Å². The van der Waals surface area contributed by atoms with Gasteiger partial charge in [-0.1, -0.05) is 19.4 Å². The Labute approximate surface area is 218 Å². The smallest absolute Gasteiger partial charge is 0.212 e. The molecule has 6 nitrogen and oxygen atoms in total. The number of nitrogens with zero attached hydrogens (tertiary/aromatic N) is 2. The molecule has 1 aromatic carbocycles. The molecule has 1 aliphatic rings. The molecule has 0 spiro atoms. The highest BCUT2D eigenvalue weighted by molar-refractivity contribution is 7.89. The molecule has 194 valence electrons. The number of sulfonamides is 1. The first kappa shape index (κ1) is 30.9. The van der Waals surface area contributed by atoms with Crippen LogP contribution in [-0.2, 0) is 16.4 Å². The summed E-state index contributed by atoms with van der Waals surface area (Å²) in [4.78, 5) is 6.92. The zero-order valence-electron chi connectivity index (χ0n) is 20.9. The molecule has 9 heteroatoms. The van der Waals surface area contributed by atoms with Crippen LogP contribution >= 0.6 is 24.8 Å². The van der Waals surface area contributed by atoms with Crippen LogP contribution in [0.25, 0.3) is 10.9 Å². The molecule has 3 rings (SSSR count). The molecule has 0 radical (unpaired) electrons. The maximum Gasteiger partial charge on any atom is 0.212 e. The monoisotopic (exact) mass is 533 g/mol. The molecule has 0 aliphatic carbocycles. The number of hydrogen-bond acceptors (Lipinski definition) is 5. The number of halogens is 2. The third-order valence-electron chi connectivity index (χ3n) is 5.73. The number of ether oxygens (including phenoxy) is 1. The molecular weight excluding hydrogens is 493 g/mol. The number of aromatic nitrogens is 1. The van der Waals surface area contributed by atoms with E-state index in [0.29, 0.717) is 6.42 Å². The van der Waals surface area contributed by atoms with Crippen molar-refractivity contribution in [1.82, 2.24) is 14.6 Å². The van der Waals surface area contributed by atoms with E-state index in [1.54, 1.807) is 0 Å². The van der Waals surface area contributed by atoms with Crippen molar-refractivity contribution >= 4 is 45.7 Å². The van der Waals surface area contributed by atoms with Gasteiger partial charge in [0.05, 0.1) is 5.75 Å². The average molecular weight is 535 g/mol. The van der Waals surface area contributed by atoms with Crippen LogP contribution in [0.4, 0.5) is 0 Å². The second-order valence-electron chi connectivity index (χ2n) is 9.96. The second-order valence-corrected chi connectivity index (χ2v) is 11.8. The number of likely N-dealkylation sites (tertiary alicyclic amines) is 1. The SMILES string of the molecule is CCCCc1cc(OC2CCN(CCCS(=O)(=O)NC(C)(C)C)CC2)c2ncccc2c1.Cl.Cl. The number of aryl methyl sites for hydroxylation is 1. The van der Waals surface area contributed by atoms with Crippen molar-refractivity contribution in [2.45, 2.75) is 77.9 Å². The first-order valence-corrected chi connectivity index (χ1v) is 13.6. The molecule has 2 heterocycles. The highest BCUT2D eigenvalue weighted by atomic mass is 35.5. The van der Waals surface area contributed by atoms with Crippen LogP contribution < -0.4 is 9.46 Å². The van der Waals surface area contributed by atoms with Gasteiger partial charge in [0.1, 0.15) is 17.4 Å². The lowest BCUT2D eigenvalue weighted by Gasteiger charge is -2.32. The van der Waals surface area contributed by atoms with Gasteiger partial charge in [-0.3, -0.25) is 4.98 Å². The second kappa shape index (κ2) is 13.8. The third-order valence-corrected chi connectivity index (χ3v) is 7.48. The van der Waals surface area contributed by atoms with Crippen LogP contribution in [0.15, 0.2) is 30.5 Å². The maximum atomic E-state index is 12.2. The van der Waals surface area contributed by atoms with Crippen molar-refractivity contribution in [2.75, 3.05) is 25.4 Å². The van der Waals surface area contributed by atoms with E-state index in [2.05, 4.69) is 39.7 Å². The zero-order valence-corrected chi connectivity index (χ0v) is 23.3. The third kappa shape index (κ3) is 9.86. The zero-order chi connectivity index (χ0) is 23.2. The molecule has 0 amide bonds. The number of fused-ring (bicyclic) bond motifs is 1. The van der Waals surface area contributed by atoms with Crippen molar-refractivity contribution in [3.63, 3.8) is 0 Å². The quantitative estimate of drug-likeness (QED) is 0.444. The first-order valence-electron chi connectivity index (χ1n) is 11.9. The lowest BCUT2D eigenvalue weighted by molar-refractivity contribution is 0.102. The van der Waals surface area contributed by atoms with Crippen molar-refractivity contribution in [3.05, 3.63) is 36.0 Å². The fourth-order valence-electron chi connectivity index (χ4n) is 4.26. The van der Waals surface area contributed by atoms with E-state index in [0.717, 1.165) is 55.5 Å².